The molecule has 0 saturated carbocycles. The van der Waals surface area contributed by atoms with Gasteiger partial charge in [0.15, 0.2) is 0 Å². The van der Waals surface area contributed by atoms with Crippen molar-refractivity contribution in [2.75, 3.05) is 13.6 Å². The van der Waals surface area contributed by atoms with E-state index < -0.39 is 0 Å². The highest BCUT2D eigenvalue weighted by Crippen LogP contribution is 2.27. The van der Waals surface area contributed by atoms with Crippen LogP contribution in [-0.2, 0) is 0 Å². The fourth-order valence-electron chi connectivity index (χ4n) is 2.64. The molecule has 90 valence electrons. The molecule has 0 bridgehead atoms. The van der Waals surface area contributed by atoms with Crippen molar-refractivity contribution in [1.82, 2.24) is 14.5 Å². The molecule has 0 spiro atoms. The highest BCUT2D eigenvalue weighted by molar-refractivity contribution is 5.75. The SMILES string of the molecule is CN1CCCC1n1c(=O)[nH]c2cccc(F)c21. The summed E-state index contributed by atoms with van der Waals surface area (Å²) in [6, 6.07) is 4.72. The van der Waals surface area contributed by atoms with Gasteiger partial charge in [0.05, 0.1) is 11.7 Å². The molecule has 1 aromatic heterocycles. The van der Waals surface area contributed by atoms with E-state index in [0.717, 1.165) is 19.4 Å². The van der Waals surface area contributed by atoms with Crippen molar-refractivity contribution in [3.8, 4) is 0 Å². The molecule has 5 heteroatoms. The lowest BCUT2D eigenvalue weighted by Gasteiger charge is -2.20. The van der Waals surface area contributed by atoms with Crippen LogP contribution in [0.25, 0.3) is 11.0 Å². The predicted octanol–water partition coefficient (Wildman–Crippen LogP) is 1.69. The Morgan fingerprint density at radius 2 is 2.29 bits per heavy atom. The number of fused-ring (bicyclic) bond motifs is 1. The van der Waals surface area contributed by atoms with Gasteiger partial charge in [-0.2, -0.15) is 0 Å². The summed E-state index contributed by atoms with van der Waals surface area (Å²) in [6.07, 6.45) is 1.89. The Balaban J connectivity index is 2.28. The molecule has 0 amide bonds. The highest BCUT2D eigenvalue weighted by Gasteiger charge is 2.26. The lowest BCUT2D eigenvalue weighted by molar-refractivity contribution is 0.237. The van der Waals surface area contributed by atoms with Gasteiger partial charge in [0.1, 0.15) is 11.3 Å². The monoisotopic (exact) mass is 235 g/mol. The van der Waals surface area contributed by atoms with Crippen LogP contribution >= 0.6 is 0 Å². The average molecular weight is 235 g/mol. The van der Waals surface area contributed by atoms with Crippen LogP contribution in [0.3, 0.4) is 0 Å². The third kappa shape index (κ3) is 1.50. The molecule has 0 radical (unpaired) electrons. The van der Waals surface area contributed by atoms with E-state index >= 15 is 0 Å². The number of aromatic amines is 1. The second-order valence-corrected chi connectivity index (χ2v) is 4.54. The number of hydrogen-bond donors (Lipinski definition) is 1. The molecule has 2 heterocycles. The summed E-state index contributed by atoms with van der Waals surface area (Å²) >= 11 is 0. The maximum absolute atomic E-state index is 13.8. The summed E-state index contributed by atoms with van der Waals surface area (Å²) in [7, 11) is 1.96. The van der Waals surface area contributed by atoms with E-state index in [0.29, 0.717) is 11.0 Å². The molecule has 3 rings (SSSR count). The van der Waals surface area contributed by atoms with E-state index in [2.05, 4.69) is 9.88 Å². The van der Waals surface area contributed by atoms with Gasteiger partial charge in [-0.3, -0.25) is 9.47 Å². The molecule has 4 nitrogen and oxygen atoms in total. The molecule has 1 saturated heterocycles. The van der Waals surface area contributed by atoms with Gasteiger partial charge in [0.25, 0.3) is 0 Å². The molecular weight excluding hydrogens is 221 g/mol. The third-order valence-electron chi connectivity index (χ3n) is 3.47. The lowest BCUT2D eigenvalue weighted by Crippen LogP contribution is -2.30. The molecule has 1 atom stereocenters. The van der Waals surface area contributed by atoms with Crippen LogP contribution in [0.15, 0.2) is 23.0 Å². The van der Waals surface area contributed by atoms with Crippen molar-refractivity contribution < 1.29 is 4.39 Å². The summed E-state index contributed by atoms with van der Waals surface area (Å²) in [4.78, 5) is 16.7. The first-order valence-electron chi connectivity index (χ1n) is 5.77. The number of para-hydroxylation sites is 1. The van der Waals surface area contributed by atoms with Crippen molar-refractivity contribution in [3.63, 3.8) is 0 Å². The number of nitrogens with one attached hydrogen (secondary N) is 1. The minimum absolute atomic E-state index is 0.0341. The maximum Gasteiger partial charge on any atom is 0.327 e. The van der Waals surface area contributed by atoms with Crippen molar-refractivity contribution in [2.45, 2.75) is 19.0 Å². The van der Waals surface area contributed by atoms with Gasteiger partial charge in [0.2, 0.25) is 0 Å². The molecule has 1 N–H and O–H groups in total. The number of hydrogen-bond acceptors (Lipinski definition) is 2. The number of rotatable bonds is 1. The van der Waals surface area contributed by atoms with Gasteiger partial charge in [0, 0.05) is 0 Å². The Labute approximate surface area is 97.7 Å². The van der Waals surface area contributed by atoms with E-state index in [-0.39, 0.29) is 17.7 Å². The Bertz CT molecular complexity index is 616. The van der Waals surface area contributed by atoms with Crippen LogP contribution in [0.2, 0.25) is 0 Å². The maximum atomic E-state index is 13.8. The topological polar surface area (TPSA) is 41.0 Å². The average Bonchev–Trinajstić information content (AvgIpc) is 2.82. The van der Waals surface area contributed by atoms with Crippen molar-refractivity contribution >= 4 is 11.0 Å². The fraction of sp³-hybridized carbons (Fsp3) is 0.417. The van der Waals surface area contributed by atoms with Gasteiger partial charge in [-0.15, -0.1) is 0 Å². The van der Waals surface area contributed by atoms with E-state index in [1.54, 1.807) is 12.1 Å². The number of likely N-dealkylation sites (tertiary alicyclic amines) is 1. The number of H-pyrrole nitrogens is 1. The first kappa shape index (κ1) is 10.5. The summed E-state index contributed by atoms with van der Waals surface area (Å²) in [5.74, 6) is -0.346. The number of benzene rings is 1. The summed E-state index contributed by atoms with van der Waals surface area (Å²) < 4.78 is 15.4. The molecule has 1 fully saturated rings. The molecular formula is C12H14FN3O. The first-order chi connectivity index (χ1) is 8.18. The van der Waals surface area contributed by atoms with Crippen LogP contribution in [0, 0.1) is 5.82 Å². The lowest BCUT2D eigenvalue weighted by atomic mass is 10.3. The molecule has 1 aliphatic rings. The summed E-state index contributed by atoms with van der Waals surface area (Å²) in [6.45, 7) is 0.943. The molecule has 1 unspecified atom stereocenters. The Morgan fingerprint density at radius 3 is 3.00 bits per heavy atom. The third-order valence-corrected chi connectivity index (χ3v) is 3.47. The highest BCUT2D eigenvalue weighted by atomic mass is 19.1. The number of imidazole rings is 1. The van der Waals surface area contributed by atoms with Crippen LogP contribution in [0.1, 0.15) is 19.0 Å². The largest absolute Gasteiger partial charge is 0.327 e. The molecule has 2 aromatic rings. The van der Waals surface area contributed by atoms with E-state index in [1.165, 1.54) is 10.6 Å². The Hall–Kier alpha value is -1.62. The van der Waals surface area contributed by atoms with Crippen molar-refractivity contribution in [3.05, 3.63) is 34.5 Å². The van der Waals surface area contributed by atoms with Crippen LogP contribution in [0.5, 0.6) is 0 Å². The van der Waals surface area contributed by atoms with Gasteiger partial charge < -0.3 is 4.98 Å². The van der Waals surface area contributed by atoms with Gasteiger partial charge in [-0.05, 0) is 38.6 Å². The van der Waals surface area contributed by atoms with E-state index in [4.69, 9.17) is 0 Å². The minimum atomic E-state index is -0.346. The normalized spacial score (nSPS) is 21.4. The van der Waals surface area contributed by atoms with Gasteiger partial charge in [-0.1, -0.05) is 6.07 Å². The second-order valence-electron chi connectivity index (χ2n) is 4.54. The zero-order valence-electron chi connectivity index (χ0n) is 9.61. The number of nitrogens with zero attached hydrogens (tertiary/aromatic N) is 2. The van der Waals surface area contributed by atoms with E-state index in [9.17, 15) is 9.18 Å². The van der Waals surface area contributed by atoms with Crippen LogP contribution in [0.4, 0.5) is 4.39 Å². The minimum Gasteiger partial charge on any atom is -0.305 e. The van der Waals surface area contributed by atoms with Crippen LogP contribution < -0.4 is 5.69 Å². The first-order valence-corrected chi connectivity index (χ1v) is 5.77. The fourth-order valence-corrected chi connectivity index (χ4v) is 2.64. The van der Waals surface area contributed by atoms with Crippen LogP contribution in [-0.4, -0.2) is 28.0 Å². The number of aromatic nitrogens is 2. The predicted molar refractivity (Wildman–Crippen MR) is 63.4 cm³/mol. The Morgan fingerprint density at radius 1 is 1.47 bits per heavy atom. The summed E-state index contributed by atoms with van der Waals surface area (Å²) in [5.41, 5.74) is 0.718. The van der Waals surface area contributed by atoms with Gasteiger partial charge in [-0.25, -0.2) is 9.18 Å². The molecule has 0 aliphatic carbocycles. The van der Waals surface area contributed by atoms with Gasteiger partial charge >= 0.3 is 5.69 Å². The summed E-state index contributed by atoms with van der Waals surface area (Å²) in [5, 5.41) is 0. The smallest absolute Gasteiger partial charge is 0.305 e. The zero-order valence-corrected chi connectivity index (χ0v) is 9.61. The zero-order chi connectivity index (χ0) is 12.0. The van der Waals surface area contributed by atoms with Crippen molar-refractivity contribution in [1.29, 1.82) is 0 Å². The standard InChI is InChI=1S/C12H14FN3O/c1-15-7-3-6-10(15)16-11-8(13)4-2-5-9(11)14-12(16)17/h2,4-5,10H,3,6-7H2,1H3,(H,14,17). The Kier molecular flexibility index (Phi) is 2.29. The molecule has 1 aliphatic heterocycles. The molecule has 17 heavy (non-hydrogen) atoms. The van der Waals surface area contributed by atoms with Crippen molar-refractivity contribution in [2.24, 2.45) is 0 Å². The second kappa shape index (κ2) is 3.70. The van der Waals surface area contributed by atoms with E-state index in [1.807, 2.05) is 7.05 Å². The molecule has 1 aromatic carbocycles. The quantitative estimate of drug-likeness (QED) is 0.817. The number of halogens is 1.